The topological polar surface area (TPSA) is 35.5 Å². The molecule has 0 bridgehead atoms. The zero-order valence-electron chi connectivity index (χ0n) is 13.0. The van der Waals surface area contributed by atoms with Crippen LogP contribution in [0.3, 0.4) is 0 Å². The maximum absolute atomic E-state index is 12.8. The number of esters is 1. The maximum Gasteiger partial charge on any atom is 0.336 e. The molecular formula is C19H19FO3. The van der Waals surface area contributed by atoms with E-state index >= 15 is 0 Å². The van der Waals surface area contributed by atoms with Gasteiger partial charge in [0.15, 0.2) is 0 Å². The van der Waals surface area contributed by atoms with Crippen LogP contribution in [0.5, 0.6) is 11.5 Å². The molecule has 120 valence electrons. The lowest BCUT2D eigenvalue weighted by molar-refractivity contribution is -0.128. The van der Waals surface area contributed by atoms with E-state index in [-0.39, 0.29) is 5.82 Å². The first kappa shape index (κ1) is 16.7. The molecule has 0 amide bonds. The minimum absolute atomic E-state index is 0.306. The predicted octanol–water partition coefficient (Wildman–Crippen LogP) is 4.62. The van der Waals surface area contributed by atoms with Gasteiger partial charge in [0.05, 0.1) is 6.61 Å². The molecule has 2 rings (SSSR count). The first-order valence-electron chi connectivity index (χ1n) is 7.55. The van der Waals surface area contributed by atoms with E-state index in [1.807, 2.05) is 24.3 Å². The molecular weight excluding hydrogens is 295 g/mol. The van der Waals surface area contributed by atoms with Crippen LogP contribution in [0.2, 0.25) is 0 Å². The lowest BCUT2D eigenvalue weighted by atomic mass is 10.2. The van der Waals surface area contributed by atoms with E-state index < -0.39 is 5.97 Å². The Bertz CT molecular complexity index is 645. The van der Waals surface area contributed by atoms with Crippen LogP contribution >= 0.6 is 0 Å². The van der Waals surface area contributed by atoms with Crippen molar-refractivity contribution in [2.45, 2.75) is 19.8 Å². The van der Waals surface area contributed by atoms with Crippen molar-refractivity contribution in [1.29, 1.82) is 0 Å². The molecule has 4 heteroatoms. The third-order valence-corrected chi connectivity index (χ3v) is 3.09. The smallest absolute Gasteiger partial charge is 0.336 e. The number of unbranched alkanes of at least 4 members (excludes halogenated alkanes) is 1. The maximum atomic E-state index is 12.8. The molecule has 2 aromatic rings. The fourth-order valence-electron chi connectivity index (χ4n) is 1.83. The normalized spacial score (nSPS) is 10.7. The second-order valence-corrected chi connectivity index (χ2v) is 4.98. The Kier molecular flexibility index (Phi) is 6.36. The number of carbonyl (C=O) groups excluding carboxylic acids is 1. The van der Waals surface area contributed by atoms with Crippen molar-refractivity contribution in [3.8, 4) is 11.5 Å². The summed E-state index contributed by atoms with van der Waals surface area (Å²) in [7, 11) is 0. The average Bonchev–Trinajstić information content (AvgIpc) is 2.56. The summed E-state index contributed by atoms with van der Waals surface area (Å²) in [4.78, 5) is 11.7. The predicted molar refractivity (Wildman–Crippen MR) is 87.9 cm³/mol. The van der Waals surface area contributed by atoms with Gasteiger partial charge in [-0.15, -0.1) is 0 Å². The van der Waals surface area contributed by atoms with E-state index in [0.29, 0.717) is 12.4 Å². The summed E-state index contributed by atoms with van der Waals surface area (Å²) in [5, 5.41) is 0. The second kappa shape index (κ2) is 8.73. The van der Waals surface area contributed by atoms with E-state index in [9.17, 15) is 9.18 Å². The van der Waals surface area contributed by atoms with Crippen molar-refractivity contribution in [2.75, 3.05) is 6.61 Å². The summed E-state index contributed by atoms with van der Waals surface area (Å²) in [5.41, 5.74) is 0.865. The van der Waals surface area contributed by atoms with Gasteiger partial charge in [-0.2, -0.15) is 0 Å². The van der Waals surface area contributed by atoms with Crippen molar-refractivity contribution < 1.29 is 18.7 Å². The molecule has 0 aromatic heterocycles. The number of ether oxygens (including phenoxy) is 2. The van der Waals surface area contributed by atoms with E-state index in [1.54, 1.807) is 6.08 Å². The van der Waals surface area contributed by atoms with Crippen LogP contribution in [-0.4, -0.2) is 12.6 Å². The van der Waals surface area contributed by atoms with Crippen LogP contribution in [0, 0.1) is 5.82 Å². The monoisotopic (exact) mass is 314 g/mol. The second-order valence-electron chi connectivity index (χ2n) is 4.98. The largest absolute Gasteiger partial charge is 0.494 e. The summed E-state index contributed by atoms with van der Waals surface area (Å²) in [6.07, 6.45) is 5.10. The van der Waals surface area contributed by atoms with Crippen LogP contribution in [0.25, 0.3) is 6.08 Å². The van der Waals surface area contributed by atoms with Crippen molar-refractivity contribution in [3.05, 3.63) is 66.0 Å². The molecule has 0 heterocycles. The molecule has 0 radical (unpaired) electrons. The summed E-state index contributed by atoms with van der Waals surface area (Å²) in [6.45, 7) is 2.82. The van der Waals surface area contributed by atoms with Gasteiger partial charge in [-0.05, 0) is 54.5 Å². The highest BCUT2D eigenvalue weighted by Crippen LogP contribution is 2.14. The molecule has 3 nitrogen and oxygen atoms in total. The minimum Gasteiger partial charge on any atom is -0.494 e. The van der Waals surface area contributed by atoms with Crippen LogP contribution in [0.1, 0.15) is 25.3 Å². The zero-order valence-corrected chi connectivity index (χ0v) is 13.0. The fraction of sp³-hybridized carbons (Fsp3) is 0.211. The Hall–Kier alpha value is -2.62. The number of benzene rings is 2. The highest BCUT2D eigenvalue weighted by atomic mass is 19.1. The van der Waals surface area contributed by atoms with E-state index in [4.69, 9.17) is 9.47 Å². The molecule has 0 saturated heterocycles. The van der Waals surface area contributed by atoms with E-state index in [0.717, 1.165) is 24.2 Å². The van der Waals surface area contributed by atoms with Gasteiger partial charge in [0.25, 0.3) is 0 Å². The van der Waals surface area contributed by atoms with Crippen molar-refractivity contribution in [1.82, 2.24) is 0 Å². The molecule has 0 atom stereocenters. The Morgan fingerprint density at radius 2 is 1.70 bits per heavy atom. The van der Waals surface area contributed by atoms with Crippen LogP contribution in [0.15, 0.2) is 54.6 Å². The van der Waals surface area contributed by atoms with Crippen molar-refractivity contribution >= 4 is 12.0 Å². The van der Waals surface area contributed by atoms with Gasteiger partial charge in [-0.3, -0.25) is 0 Å². The molecule has 0 fully saturated rings. The molecule has 0 N–H and O–H groups in total. The lowest BCUT2D eigenvalue weighted by Gasteiger charge is -2.05. The third kappa shape index (κ3) is 5.94. The van der Waals surface area contributed by atoms with Gasteiger partial charge in [-0.1, -0.05) is 25.5 Å². The van der Waals surface area contributed by atoms with Gasteiger partial charge in [0.1, 0.15) is 17.3 Å². The van der Waals surface area contributed by atoms with Crippen molar-refractivity contribution in [3.63, 3.8) is 0 Å². The first-order valence-corrected chi connectivity index (χ1v) is 7.55. The minimum atomic E-state index is -0.514. The van der Waals surface area contributed by atoms with Crippen LogP contribution in [-0.2, 0) is 4.79 Å². The molecule has 0 aliphatic heterocycles. The molecule has 2 aromatic carbocycles. The molecule has 0 aliphatic carbocycles. The van der Waals surface area contributed by atoms with Gasteiger partial charge in [0, 0.05) is 6.08 Å². The molecule has 0 saturated carbocycles. The number of halogens is 1. The molecule has 0 unspecified atom stereocenters. The van der Waals surface area contributed by atoms with Crippen molar-refractivity contribution in [2.24, 2.45) is 0 Å². The number of carbonyl (C=O) groups is 1. The van der Waals surface area contributed by atoms with Gasteiger partial charge in [0.2, 0.25) is 0 Å². The number of hydrogen-bond donors (Lipinski definition) is 0. The van der Waals surface area contributed by atoms with Crippen LogP contribution < -0.4 is 9.47 Å². The Labute approximate surface area is 135 Å². The quantitative estimate of drug-likeness (QED) is 0.324. The fourth-order valence-corrected chi connectivity index (χ4v) is 1.83. The molecule has 0 spiro atoms. The first-order chi connectivity index (χ1) is 11.2. The van der Waals surface area contributed by atoms with E-state index in [1.165, 1.54) is 30.3 Å². The lowest BCUT2D eigenvalue weighted by Crippen LogP contribution is -2.03. The Balaban J connectivity index is 1.86. The van der Waals surface area contributed by atoms with E-state index in [2.05, 4.69) is 6.92 Å². The van der Waals surface area contributed by atoms with Gasteiger partial charge in [-0.25, -0.2) is 9.18 Å². The number of hydrogen-bond acceptors (Lipinski definition) is 3. The number of rotatable bonds is 7. The van der Waals surface area contributed by atoms with Crippen LogP contribution in [0.4, 0.5) is 4.39 Å². The molecule has 0 aliphatic rings. The summed E-state index contributed by atoms with van der Waals surface area (Å²) in [5.74, 6) is 0.228. The highest BCUT2D eigenvalue weighted by Gasteiger charge is 2.01. The Morgan fingerprint density at radius 3 is 2.35 bits per heavy atom. The SMILES string of the molecule is CCCCOc1ccc(/C=C/C(=O)Oc2ccc(F)cc2)cc1. The summed E-state index contributed by atoms with van der Waals surface area (Å²) >= 11 is 0. The Morgan fingerprint density at radius 1 is 1.04 bits per heavy atom. The average molecular weight is 314 g/mol. The summed E-state index contributed by atoms with van der Waals surface area (Å²) in [6, 6.07) is 12.7. The third-order valence-electron chi connectivity index (χ3n) is 3.09. The van der Waals surface area contributed by atoms with Gasteiger partial charge < -0.3 is 9.47 Å². The zero-order chi connectivity index (χ0) is 16.5. The highest BCUT2D eigenvalue weighted by molar-refractivity contribution is 5.88. The standard InChI is InChI=1S/C19H19FO3/c1-2-3-14-22-17-9-4-15(5-10-17)6-13-19(21)23-18-11-7-16(20)8-12-18/h4-13H,2-3,14H2,1H3/b13-6+. The van der Waals surface area contributed by atoms with Gasteiger partial charge >= 0.3 is 5.97 Å². The molecule has 23 heavy (non-hydrogen) atoms. The summed E-state index contributed by atoms with van der Waals surface area (Å²) < 4.78 is 23.4.